The summed E-state index contributed by atoms with van der Waals surface area (Å²) in [5.41, 5.74) is 6.25. The van der Waals surface area contributed by atoms with Crippen LogP contribution < -0.4 is 16.0 Å². The van der Waals surface area contributed by atoms with Crippen molar-refractivity contribution in [1.29, 1.82) is 0 Å². The van der Waals surface area contributed by atoms with Crippen molar-refractivity contribution in [2.24, 2.45) is 0 Å². The first-order valence-corrected chi connectivity index (χ1v) is 13.0. The first-order chi connectivity index (χ1) is 17.4. The molecule has 0 unspecified atom stereocenters. The normalized spacial score (nSPS) is 10.8. The number of carbonyl (C=O) groups is 2. The standard InChI is InChI=1S/C27H23N5O2S2/c1-16-4-3-5-20(12-16)29-26(34)32-27-30-21(15-35-27)14-24(33)28-19-9-7-18(8-10-19)25-31-22-11-6-17(2)13-23(22)36-25/h3-13,15H,14H2,1-2H3,(H,28,33)(H2,29,30,32,34). The molecule has 3 amide bonds. The smallest absolute Gasteiger partial charge is 0.325 e. The number of rotatable bonds is 6. The summed E-state index contributed by atoms with van der Waals surface area (Å²) < 4.78 is 1.16. The predicted octanol–water partition coefficient (Wildman–Crippen LogP) is 6.86. The molecule has 180 valence electrons. The number of nitrogens with one attached hydrogen (secondary N) is 3. The monoisotopic (exact) mass is 513 g/mol. The Labute approximate surface area is 216 Å². The van der Waals surface area contributed by atoms with Crippen molar-refractivity contribution in [3.05, 3.63) is 88.9 Å². The fourth-order valence-electron chi connectivity index (χ4n) is 3.65. The van der Waals surface area contributed by atoms with E-state index in [2.05, 4.69) is 40.0 Å². The molecule has 2 heterocycles. The molecular weight excluding hydrogens is 490 g/mol. The Morgan fingerprint density at radius 1 is 0.833 bits per heavy atom. The minimum absolute atomic E-state index is 0.108. The highest BCUT2D eigenvalue weighted by Gasteiger charge is 2.12. The van der Waals surface area contributed by atoms with Crippen molar-refractivity contribution in [2.75, 3.05) is 16.0 Å². The van der Waals surface area contributed by atoms with E-state index in [-0.39, 0.29) is 18.4 Å². The number of nitrogens with zero attached hydrogens (tertiary/aromatic N) is 2. The number of hydrogen-bond acceptors (Lipinski definition) is 6. The minimum atomic E-state index is -0.380. The average Bonchev–Trinajstić information content (AvgIpc) is 3.45. The van der Waals surface area contributed by atoms with E-state index in [1.165, 1.54) is 16.9 Å². The molecule has 2 aromatic heterocycles. The van der Waals surface area contributed by atoms with Crippen molar-refractivity contribution in [1.82, 2.24) is 9.97 Å². The van der Waals surface area contributed by atoms with Gasteiger partial charge < -0.3 is 10.6 Å². The van der Waals surface area contributed by atoms with Crippen molar-refractivity contribution < 1.29 is 9.59 Å². The van der Waals surface area contributed by atoms with E-state index in [1.807, 2.05) is 61.5 Å². The molecule has 0 saturated carbocycles. The van der Waals surface area contributed by atoms with E-state index in [9.17, 15) is 9.59 Å². The lowest BCUT2D eigenvalue weighted by Gasteiger charge is -2.06. The molecule has 0 saturated heterocycles. The third-order valence-corrected chi connectivity index (χ3v) is 7.22. The number of hydrogen-bond donors (Lipinski definition) is 3. The van der Waals surface area contributed by atoms with Crippen LogP contribution in [-0.4, -0.2) is 21.9 Å². The molecule has 9 heteroatoms. The third-order valence-electron chi connectivity index (χ3n) is 5.35. The van der Waals surface area contributed by atoms with Crippen LogP contribution in [0.5, 0.6) is 0 Å². The van der Waals surface area contributed by atoms with E-state index in [4.69, 9.17) is 4.98 Å². The summed E-state index contributed by atoms with van der Waals surface area (Å²) in [7, 11) is 0. The molecule has 3 N–H and O–H groups in total. The van der Waals surface area contributed by atoms with Crippen LogP contribution in [0.15, 0.2) is 72.1 Å². The number of aryl methyl sites for hydroxylation is 2. The Balaban J connectivity index is 1.15. The van der Waals surface area contributed by atoms with Crippen LogP contribution in [0.25, 0.3) is 20.8 Å². The van der Waals surface area contributed by atoms with Crippen molar-refractivity contribution in [3.8, 4) is 10.6 Å². The maximum atomic E-state index is 12.5. The number of amides is 3. The zero-order chi connectivity index (χ0) is 25.1. The number of benzene rings is 3. The maximum Gasteiger partial charge on any atom is 0.325 e. The number of anilines is 3. The minimum Gasteiger partial charge on any atom is -0.326 e. The van der Waals surface area contributed by atoms with Gasteiger partial charge in [-0.2, -0.15) is 0 Å². The molecule has 5 rings (SSSR count). The zero-order valence-electron chi connectivity index (χ0n) is 19.7. The van der Waals surface area contributed by atoms with Crippen LogP contribution in [0, 0.1) is 13.8 Å². The van der Waals surface area contributed by atoms with Crippen LogP contribution >= 0.6 is 22.7 Å². The van der Waals surface area contributed by atoms with Gasteiger partial charge in [0.1, 0.15) is 5.01 Å². The van der Waals surface area contributed by atoms with Crippen LogP contribution in [0.4, 0.5) is 21.3 Å². The second-order valence-electron chi connectivity index (χ2n) is 8.39. The van der Waals surface area contributed by atoms with Gasteiger partial charge >= 0.3 is 6.03 Å². The molecule has 3 aromatic carbocycles. The lowest BCUT2D eigenvalue weighted by Crippen LogP contribution is -2.19. The Morgan fingerprint density at radius 3 is 2.44 bits per heavy atom. The SMILES string of the molecule is Cc1cccc(NC(=O)Nc2nc(CC(=O)Nc3ccc(-c4nc5ccc(C)cc5s4)cc3)cs2)c1. The van der Waals surface area contributed by atoms with E-state index in [1.54, 1.807) is 16.7 Å². The molecule has 5 aromatic rings. The Bertz CT molecular complexity index is 1560. The van der Waals surface area contributed by atoms with Gasteiger partial charge in [-0.25, -0.2) is 14.8 Å². The second kappa shape index (κ2) is 10.3. The van der Waals surface area contributed by atoms with Gasteiger partial charge in [0.15, 0.2) is 5.13 Å². The maximum absolute atomic E-state index is 12.5. The van der Waals surface area contributed by atoms with Crippen molar-refractivity contribution >= 4 is 61.3 Å². The number of carbonyl (C=O) groups excluding carboxylic acids is 2. The van der Waals surface area contributed by atoms with Crippen LogP contribution in [0.2, 0.25) is 0 Å². The highest BCUT2D eigenvalue weighted by atomic mass is 32.1. The summed E-state index contributed by atoms with van der Waals surface area (Å²) >= 11 is 2.93. The Morgan fingerprint density at radius 2 is 1.64 bits per heavy atom. The van der Waals surface area contributed by atoms with E-state index in [0.29, 0.717) is 22.2 Å². The largest absolute Gasteiger partial charge is 0.326 e. The molecule has 36 heavy (non-hydrogen) atoms. The van der Waals surface area contributed by atoms with Crippen molar-refractivity contribution in [2.45, 2.75) is 20.3 Å². The summed E-state index contributed by atoms with van der Waals surface area (Å²) in [5.74, 6) is -0.181. The molecule has 0 bridgehead atoms. The molecule has 0 spiro atoms. The first kappa shape index (κ1) is 23.7. The topological polar surface area (TPSA) is 96.0 Å². The first-order valence-electron chi connectivity index (χ1n) is 11.3. The highest BCUT2D eigenvalue weighted by Crippen LogP contribution is 2.31. The van der Waals surface area contributed by atoms with Gasteiger partial charge in [0.05, 0.1) is 22.3 Å². The van der Waals surface area contributed by atoms with E-state index in [0.717, 1.165) is 26.4 Å². The van der Waals surface area contributed by atoms with Gasteiger partial charge in [-0.05, 0) is 73.5 Å². The Kier molecular flexibility index (Phi) is 6.75. The van der Waals surface area contributed by atoms with Gasteiger partial charge in [-0.1, -0.05) is 18.2 Å². The summed E-state index contributed by atoms with van der Waals surface area (Å²) in [6.07, 6.45) is 0.108. The summed E-state index contributed by atoms with van der Waals surface area (Å²) in [4.78, 5) is 33.8. The quantitative estimate of drug-likeness (QED) is 0.231. The summed E-state index contributed by atoms with van der Waals surface area (Å²) in [5, 5.41) is 11.5. The molecule has 0 aliphatic carbocycles. The van der Waals surface area contributed by atoms with Gasteiger partial charge in [0, 0.05) is 22.3 Å². The van der Waals surface area contributed by atoms with Crippen LogP contribution in [0.1, 0.15) is 16.8 Å². The number of aromatic nitrogens is 2. The molecule has 0 aliphatic heterocycles. The second-order valence-corrected chi connectivity index (χ2v) is 10.3. The van der Waals surface area contributed by atoms with Gasteiger partial charge in [-0.3, -0.25) is 10.1 Å². The van der Waals surface area contributed by atoms with Crippen LogP contribution in [-0.2, 0) is 11.2 Å². The molecular formula is C27H23N5O2S2. The lowest BCUT2D eigenvalue weighted by molar-refractivity contribution is -0.115. The summed E-state index contributed by atoms with van der Waals surface area (Å²) in [6, 6.07) is 21.0. The van der Waals surface area contributed by atoms with Gasteiger partial charge in [-0.15, -0.1) is 22.7 Å². The molecule has 0 atom stereocenters. The van der Waals surface area contributed by atoms with Gasteiger partial charge in [0.2, 0.25) is 5.91 Å². The highest BCUT2D eigenvalue weighted by molar-refractivity contribution is 7.21. The third kappa shape index (κ3) is 5.76. The van der Waals surface area contributed by atoms with Crippen molar-refractivity contribution in [3.63, 3.8) is 0 Å². The lowest BCUT2D eigenvalue weighted by atomic mass is 10.2. The molecule has 0 aliphatic rings. The number of thiazole rings is 2. The zero-order valence-corrected chi connectivity index (χ0v) is 21.3. The molecule has 0 radical (unpaired) electrons. The fourth-order valence-corrected chi connectivity index (χ4v) is 5.42. The number of fused-ring (bicyclic) bond motifs is 1. The molecule has 0 fully saturated rings. The predicted molar refractivity (Wildman–Crippen MR) is 148 cm³/mol. The van der Waals surface area contributed by atoms with Gasteiger partial charge in [0.25, 0.3) is 0 Å². The molecule has 7 nitrogen and oxygen atoms in total. The average molecular weight is 514 g/mol. The van der Waals surface area contributed by atoms with E-state index < -0.39 is 0 Å². The van der Waals surface area contributed by atoms with E-state index >= 15 is 0 Å². The Hall–Kier alpha value is -4.08. The summed E-state index contributed by atoms with van der Waals surface area (Å²) in [6.45, 7) is 4.03. The van der Waals surface area contributed by atoms with Crippen LogP contribution in [0.3, 0.4) is 0 Å². The number of urea groups is 1. The fraction of sp³-hybridized carbons (Fsp3) is 0.111.